The van der Waals surface area contributed by atoms with Crippen LogP contribution in [0.2, 0.25) is 0 Å². The number of thiazole rings is 1. The van der Waals surface area contributed by atoms with Crippen molar-refractivity contribution < 1.29 is 23.9 Å². The zero-order chi connectivity index (χ0) is 26.2. The van der Waals surface area contributed by atoms with Crippen LogP contribution in [0, 0.1) is 5.92 Å². The lowest BCUT2D eigenvalue weighted by atomic mass is 9.93. The van der Waals surface area contributed by atoms with Gasteiger partial charge in [0.05, 0.1) is 0 Å². The van der Waals surface area contributed by atoms with Crippen LogP contribution in [0.25, 0.3) is 0 Å². The Morgan fingerprint density at radius 3 is 2.00 bits per heavy atom. The normalized spacial score (nSPS) is 21.0. The molecule has 2 amide bonds. The molecule has 0 aromatic carbocycles. The Hall–Kier alpha value is -2.20. The Kier molecular flexibility index (Phi) is 10.5. The molecule has 0 spiro atoms. The second kappa shape index (κ2) is 12.7. The zero-order valence-electron chi connectivity index (χ0n) is 22.0. The molecule has 1 aromatic heterocycles. The SMILES string of the molecule is CC(C)(C)OC(=O)N1CCC[C@@H](CC(=O)c2nccs2)C1.CC(C)(C)OC(=O)N1CCC[C@@H](N)C1. The van der Waals surface area contributed by atoms with Gasteiger partial charge in [-0.1, -0.05) is 0 Å². The lowest BCUT2D eigenvalue weighted by Crippen LogP contribution is -2.47. The van der Waals surface area contributed by atoms with Gasteiger partial charge >= 0.3 is 12.2 Å². The smallest absolute Gasteiger partial charge is 0.410 e. The summed E-state index contributed by atoms with van der Waals surface area (Å²) in [5.74, 6) is 0.267. The third-order valence-corrected chi connectivity index (χ3v) is 6.24. The molecule has 9 nitrogen and oxygen atoms in total. The number of aromatic nitrogens is 1. The fourth-order valence-corrected chi connectivity index (χ4v) is 4.52. The van der Waals surface area contributed by atoms with Crippen molar-refractivity contribution in [2.24, 2.45) is 11.7 Å². The van der Waals surface area contributed by atoms with Crippen LogP contribution in [-0.4, -0.2) is 76.2 Å². The summed E-state index contributed by atoms with van der Waals surface area (Å²) in [5.41, 5.74) is 4.87. The van der Waals surface area contributed by atoms with Gasteiger partial charge < -0.3 is 25.0 Å². The fraction of sp³-hybridized carbons (Fsp3) is 0.760. The minimum atomic E-state index is -0.485. The summed E-state index contributed by atoms with van der Waals surface area (Å²) in [7, 11) is 0. The van der Waals surface area contributed by atoms with Crippen LogP contribution in [0.1, 0.15) is 83.4 Å². The molecule has 3 heterocycles. The van der Waals surface area contributed by atoms with Gasteiger partial charge in [-0.15, -0.1) is 11.3 Å². The van der Waals surface area contributed by atoms with Crippen LogP contribution in [0.5, 0.6) is 0 Å². The summed E-state index contributed by atoms with van der Waals surface area (Å²) in [4.78, 5) is 43.2. The summed E-state index contributed by atoms with van der Waals surface area (Å²) >= 11 is 1.37. The topological polar surface area (TPSA) is 115 Å². The molecule has 10 heteroatoms. The van der Waals surface area contributed by atoms with Crippen LogP contribution >= 0.6 is 11.3 Å². The Morgan fingerprint density at radius 2 is 1.51 bits per heavy atom. The summed E-state index contributed by atoms with van der Waals surface area (Å²) in [6, 6.07) is 0.108. The van der Waals surface area contributed by atoms with Crippen molar-refractivity contribution in [3.05, 3.63) is 16.6 Å². The molecule has 2 saturated heterocycles. The van der Waals surface area contributed by atoms with Crippen molar-refractivity contribution in [2.75, 3.05) is 26.2 Å². The molecule has 1 aromatic rings. The van der Waals surface area contributed by atoms with Gasteiger partial charge in [0.1, 0.15) is 11.2 Å². The van der Waals surface area contributed by atoms with E-state index in [2.05, 4.69) is 4.98 Å². The average Bonchev–Trinajstić information content (AvgIpc) is 3.27. The number of rotatable bonds is 3. The molecule has 35 heavy (non-hydrogen) atoms. The molecular formula is C25H42N4O5S. The zero-order valence-corrected chi connectivity index (χ0v) is 22.9. The van der Waals surface area contributed by atoms with E-state index in [1.165, 1.54) is 11.3 Å². The second-order valence-electron chi connectivity index (χ2n) is 11.2. The average molecular weight is 511 g/mol. The Labute approximate surface area is 213 Å². The number of likely N-dealkylation sites (tertiary alicyclic amines) is 2. The number of nitrogens with two attached hydrogens (primary N) is 1. The number of carbonyl (C=O) groups is 3. The molecule has 2 aliphatic heterocycles. The summed E-state index contributed by atoms with van der Waals surface area (Å²) < 4.78 is 10.7. The van der Waals surface area contributed by atoms with Crippen LogP contribution in [0.4, 0.5) is 9.59 Å². The molecule has 3 rings (SSSR count). The van der Waals surface area contributed by atoms with E-state index in [1.807, 2.05) is 41.5 Å². The van der Waals surface area contributed by atoms with Crippen molar-refractivity contribution in [1.29, 1.82) is 0 Å². The maximum absolute atomic E-state index is 12.1. The summed E-state index contributed by atoms with van der Waals surface area (Å²) in [5, 5.41) is 2.37. The lowest BCUT2D eigenvalue weighted by Gasteiger charge is -2.33. The van der Waals surface area contributed by atoms with Crippen LogP contribution in [0.15, 0.2) is 11.6 Å². The maximum Gasteiger partial charge on any atom is 0.410 e. The number of hydrogen-bond acceptors (Lipinski definition) is 8. The van der Waals surface area contributed by atoms with Crippen LogP contribution in [0.3, 0.4) is 0 Å². The first-order chi connectivity index (χ1) is 16.2. The predicted octanol–water partition coefficient (Wildman–Crippen LogP) is 4.71. The number of carbonyl (C=O) groups excluding carboxylic acids is 3. The highest BCUT2D eigenvalue weighted by atomic mass is 32.1. The van der Waals surface area contributed by atoms with E-state index in [-0.39, 0.29) is 29.9 Å². The number of Topliss-reactive ketones (excluding diaryl/α,β-unsaturated/α-hetero) is 1. The van der Waals surface area contributed by atoms with E-state index in [4.69, 9.17) is 15.2 Å². The highest BCUT2D eigenvalue weighted by Crippen LogP contribution is 2.23. The molecule has 2 fully saturated rings. The number of piperidine rings is 2. The van der Waals surface area contributed by atoms with Crippen LogP contribution in [-0.2, 0) is 9.47 Å². The van der Waals surface area contributed by atoms with Crippen molar-refractivity contribution in [2.45, 2.75) is 90.9 Å². The van der Waals surface area contributed by atoms with Gasteiger partial charge in [0.2, 0.25) is 0 Å². The molecule has 2 atom stereocenters. The summed E-state index contributed by atoms with van der Waals surface area (Å²) in [6.45, 7) is 13.9. The molecule has 0 saturated carbocycles. The van der Waals surface area contributed by atoms with Gasteiger partial charge in [-0.3, -0.25) is 4.79 Å². The molecule has 0 radical (unpaired) electrons. The Morgan fingerprint density at radius 1 is 0.971 bits per heavy atom. The minimum absolute atomic E-state index is 0.0704. The molecule has 0 bridgehead atoms. The molecule has 0 unspecified atom stereocenters. The largest absolute Gasteiger partial charge is 0.444 e. The molecule has 0 aliphatic carbocycles. The monoisotopic (exact) mass is 510 g/mol. The first-order valence-electron chi connectivity index (χ1n) is 12.4. The van der Waals surface area contributed by atoms with Crippen LogP contribution < -0.4 is 5.73 Å². The third-order valence-electron chi connectivity index (χ3n) is 5.43. The highest BCUT2D eigenvalue weighted by molar-refractivity contribution is 7.11. The van der Waals surface area contributed by atoms with E-state index in [0.717, 1.165) is 32.2 Å². The Balaban J connectivity index is 0.000000269. The highest BCUT2D eigenvalue weighted by Gasteiger charge is 2.29. The van der Waals surface area contributed by atoms with Gasteiger partial charge in [-0.05, 0) is 73.1 Å². The second-order valence-corrected chi connectivity index (χ2v) is 12.1. The molecular weight excluding hydrogens is 468 g/mol. The van der Waals surface area contributed by atoms with Crippen molar-refractivity contribution in [1.82, 2.24) is 14.8 Å². The number of ether oxygens (including phenoxy) is 2. The molecule has 2 N–H and O–H groups in total. The number of nitrogens with zero attached hydrogens (tertiary/aromatic N) is 3. The van der Waals surface area contributed by atoms with Gasteiger partial charge in [0, 0.05) is 50.2 Å². The predicted molar refractivity (Wildman–Crippen MR) is 137 cm³/mol. The third kappa shape index (κ3) is 10.9. The van der Waals surface area contributed by atoms with Gasteiger partial charge in [-0.25, -0.2) is 14.6 Å². The standard InChI is InChI=1S/C15H22N2O3S.C10H20N2O2/c1-15(2,3)20-14(19)17-7-4-5-11(10-17)9-12(18)13-16-6-8-21-13;1-10(2,3)14-9(13)12-6-4-5-8(11)7-12/h6,8,11H,4-5,7,9-10H2,1-3H3;8H,4-7,11H2,1-3H3/t11-;8-/m01/s1. The fourth-order valence-electron chi connectivity index (χ4n) is 3.94. The van der Waals surface area contributed by atoms with E-state index in [0.29, 0.717) is 31.1 Å². The lowest BCUT2D eigenvalue weighted by molar-refractivity contribution is 0.0159. The first-order valence-corrected chi connectivity index (χ1v) is 13.3. The van der Waals surface area contributed by atoms with Gasteiger partial charge in [0.15, 0.2) is 10.8 Å². The van der Waals surface area contributed by atoms with E-state index in [1.54, 1.807) is 21.4 Å². The number of ketones is 1. The van der Waals surface area contributed by atoms with E-state index in [9.17, 15) is 14.4 Å². The number of amides is 2. The van der Waals surface area contributed by atoms with Crippen molar-refractivity contribution in [3.63, 3.8) is 0 Å². The maximum atomic E-state index is 12.1. The summed E-state index contributed by atoms with van der Waals surface area (Å²) in [6.07, 6.45) is 5.42. The first kappa shape index (κ1) is 29.0. The van der Waals surface area contributed by atoms with Gasteiger partial charge in [-0.2, -0.15) is 0 Å². The Bertz CT molecular complexity index is 832. The minimum Gasteiger partial charge on any atom is -0.444 e. The quantitative estimate of drug-likeness (QED) is 0.586. The van der Waals surface area contributed by atoms with Crippen molar-refractivity contribution >= 4 is 29.3 Å². The number of hydrogen-bond donors (Lipinski definition) is 1. The molecule has 198 valence electrons. The van der Waals surface area contributed by atoms with Crippen molar-refractivity contribution in [3.8, 4) is 0 Å². The van der Waals surface area contributed by atoms with E-state index < -0.39 is 11.2 Å². The molecule has 2 aliphatic rings. The van der Waals surface area contributed by atoms with Gasteiger partial charge in [0.25, 0.3) is 0 Å². The van der Waals surface area contributed by atoms with E-state index >= 15 is 0 Å².